The predicted octanol–water partition coefficient (Wildman–Crippen LogP) is 10.7. The molecule has 0 bridgehead atoms. The lowest BCUT2D eigenvalue weighted by Crippen LogP contribution is -2.20. The molecule has 0 spiro atoms. The zero-order valence-corrected chi connectivity index (χ0v) is 43.1. The second kappa shape index (κ2) is 34.2. The first-order valence-electron chi connectivity index (χ1n) is 26.9. The van der Waals surface area contributed by atoms with Gasteiger partial charge in [-0.05, 0) is 224 Å². The van der Waals surface area contributed by atoms with Gasteiger partial charge >= 0.3 is 0 Å². The van der Waals surface area contributed by atoms with Crippen molar-refractivity contribution in [2.24, 2.45) is 0 Å². The lowest BCUT2D eigenvalue weighted by Gasteiger charge is -2.14. The first-order valence-corrected chi connectivity index (χ1v) is 26.9. The highest BCUT2D eigenvalue weighted by molar-refractivity contribution is 5.50. The maximum Gasteiger partial charge on any atom is 0.160 e. The van der Waals surface area contributed by atoms with Crippen molar-refractivity contribution in [2.45, 2.75) is 116 Å². The number of benzene rings is 6. The van der Waals surface area contributed by atoms with E-state index in [1.165, 1.54) is 56.1 Å². The molecule has 11 heteroatoms. The molecule has 11 N–H and O–H groups in total. The third-order valence-corrected chi connectivity index (χ3v) is 13.4. The van der Waals surface area contributed by atoms with Gasteiger partial charge in [-0.3, -0.25) is 0 Å². The minimum absolute atomic E-state index is 0.0206. The van der Waals surface area contributed by atoms with Gasteiger partial charge in [-0.15, -0.1) is 0 Å². The Bertz CT molecular complexity index is 2410. The summed E-state index contributed by atoms with van der Waals surface area (Å²) in [6, 6.07) is 39.5. The van der Waals surface area contributed by atoms with Gasteiger partial charge < -0.3 is 57.0 Å². The molecular formula is C62H84N4O7. The molecule has 0 saturated heterocycles. The summed E-state index contributed by atoms with van der Waals surface area (Å²) in [7, 11) is 0. The van der Waals surface area contributed by atoms with Crippen molar-refractivity contribution in [1.29, 1.82) is 0 Å². The summed E-state index contributed by atoms with van der Waals surface area (Å²) in [5.41, 5.74) is 8.62. The Labute approximate surface area is 435 Å². The van der Waals surface area contributed by atoms with Crippen LogP contribution < -0.4 is 21.3 Å². The molecular weight excluding hydrogens is 913 g/mol. The highest BCUT2D eigenvalue weighted by Gasteiger charge is 2.14. The number of hydrogen-bond donors (Lipinski definition) is 11. The number of aromatic hydroxyl groups is 7. The summed E-state index contributed by atoms with van der Waals surface area (Å²) < 4.78 is 0. The highest BCUT2D eigenvalue weighted by Crippen LogP contribution is 2.34. The Morgan fingerprint density at radius 3 is 1.15 bits per heavy atom. The molecule has 11 nitrogen and oxygen atoms in total. The first kappa shape index (κ1) is 57.7. The van der Waals surface area contributed by atoms with Gasteiger partial charge in [-0.2, -0.15) is 0 Å². The second-order valence-electron chi connectivity index (χ2n) is 19.2. The normalized spacial score (nSPS) is 11.1. The Kier molecular flexibility index (Phi) is 27.0. The fraction of sp³-hybridized carbons (Fsp3) is 0.419. The van der Waals surface area contributed by atoms with Crippen molar-refractivity contribution in [1.82, 2.24) is 21.3 Å². The number of hydrogen-bond acceptors (Lipinski definition) is 11. The summed E-state index contributed by atoms with van der Waals surface area (Å²) >= 11 is 0. The van der Waals surface area contributed by atoms with E-state index < -0.39 is 0 Å². The zero-order chi connectivity index (χ0) is 51.7. The SMILES string of the molecule is Oc1ccc(CCNCCCCCCNCCc2ccc(O)c(O)c2CCc2ccc(O)cc2)cc1.Oc1cccc(CCCCc2c(CCNCCCCCCNCCc3ccccc3)ccc(O)c2O)c1. The fourth-order valence-electron chi connectivity index (χ4n) is 9.06. The van der Waals surface area contributed by atoms with Gasteiger partial charge in [0.2, 0.25) is 0 Å². The minimum Gasteiger partial charge on any atom is -0.508 e. The molecule has 0 heterocycles. The van der Waals surface area contributed by atoms with E-state index in [4.69, 9.17) is 0 Å². The molecule has 0 aromatic heterocycles. The lowest BCUT2D eigenvalue weighted by atomic mass is 9.96. The lowest BCUT2D eigenvalue weighted by molar-refractivity contribution is 0.397. The van der Waals surface area contributed by atoms with Crippen molar-refractivity contribution >= 4 is 0 Å². The Balaban J connectivity index is 0.000000271. The van der Waals surface area contributed by atoms with Crippen LogP contribution in [0, 0.1) is 0 Å². The quantitative estimate of drug-likeness (QED) is 0.0136. The molecule has 0 atom stereocenters. The largest absolute Gasteiger partial charge is 0.508 e. The van der Waals surface area contributed by atoms with Crippen molar-refractivity contribution in [2.75, 3.05) is 52.4 Å². The fourth-order valence-corrected chi connectivity index (χ4v) is 9.06. The molecule has 73 heavy (non-hydrogen) atoms. The van der Waals surface area contributed by atoms with E-state index in [1.54, 1.807) is 48.5 Å². The molecule has 0 saturated carbocycles. The molecule has 6 aromatic rings. The van der Waals surface area contributed by atoms with E-state index in [0.29, 0.717) is 17.9 Å². The van der Waals surface area contributed by atoms with Crippen LogP contribution in [-0.4, -0.2) is 88.1 Å². The van der Waals surface area contributed by atoms with Gasteiger partial charge in [0, 0.05) is 11.1 Å². The number of unbranched alkanes of at least 4 members (excludes halogenated alkanes) is 7. The molecule has 394 valence electrons. The van der Waals surface area contributed by atoms with Gasteiger partial charge in [-0.25, -0.2) is 0 Å². The van der Waals surface area contributed by atoms with Gasteiger partial charge in [-0.1, -0.05) is 105 Å². The molecule has 0 aliphatic rings. The number of nitrogens with one attached hydrogen (secondary N) is 4. The summed E-state index contributed by atoms with van der Waals surface area (Å²) in [6.45, 7) is 7.78. The summed E-state index contributed by atoms with van der Waals surface area (Å²) in [5.74, 6) is 0.716. The monoisotopic (exact) mass is 997 g/mol. The van der Waals surface area contributed by atoms with Crippen molar-refractivity contribution in [3.8, 4) is 40.2 Å². The second-order valence-corrected chi connectivity index (χ2v) is 19.2. The van der Waals surface area contributed by atoms with Gasteiger partial charge in [0.05, 0.1) is 0 Å². The van der Waals surface area contributed by atoms with Crippen LogP contribution in [0.5, 0.6) is 40.2 Å². The van der Waals surface area contributed by atoms with Crippen molar-refractivity contribution in [3.05, 3.63) is 172 Å². The molecule has 0 aliphatic carbocycles. The molecule has 6 aromatic carbocycles. The maximum atomic E-state index is 10.5. The Morgan fingerprint density at radius 1 is 0.260 bits per heavy atom. The molecule has 0 fully saturated rings. The predicted molar refractivity (Wildman–Crippen MR) is 298 cm³/mol. The molecule has 0 aliphatic heterocycles. The Hall–Kier alpha value is -6.24. The van der Waals surface area contributed by atoms with Crippen LogP contribution in [0.2, 0.25) is 0 Å². The van der Waals surface area contributed by atoms with Crippen molar-refractivity contribution in [3.63, 3.8) is 0 Å². The number of rotatable bonds is 34. The average molecular weight is 997 g/mol. The smallest absolute Gasteiger partial charge is 0.160 e. The molecule has 0 radical (unpaired) electrons. The van der Waals surface area contributed by atoms with E-state index in [-0.39, 0.29) is 28.7 Å². The van der Waals surface area contributed by atoms with E-state index >= 15 is 0 Å². The summed E-state index contributed by atoms with van der Waals surface area (Å²) in [5, 5.41) is 83.3. The molecule has 0 amide bonds. The van der Waals surface area contributed by atoms with Crippen LogP contribution in [0.15, 0.2) is 127 Å². The number of phenols is 7. The summed E-state index contributed by atoms with van der Waals surface area (Å²) in [6.07, 6.45) is 18.1. The van der Waals surface area contributed by atoms with Crippen LogP contribution in [0.4, 0.5) is 0 Å². The standard InChI is InChI=1S/C32H44N2O3.C30H40N2O4/c35-29-15-10-14-27(25-29)13-6-7-16-30-28(17-18-31(36)32(30)37)20-24-34-22-9-2-1-8-21-33-23-19-26-11-4-3-5-12-26;33-26-11-5-23(6-12-26)9-15-28-25(10-16-29(35)30(28)36)18-22-32-20-4-2-1-3-19-31-21-17-24-7-13-27(34)14-8-24/h3-5,10-12,14-15,17-18,25,33-37H,1-2,6-9,13,16,19-24H2;5-8,10-14,16,31-36H,1-4,9,15,17-22H2. The maximum absolute atomic E-state index is 10.5. The first-order chi connectivity index (χ1) is 35.7. The zero-order valence-electron chi connectivity index (χ0n) is 43.1. The van der Waals surface area contributed by atoms with Crippen molar-refractivity contribution < 1.29 is 35.7 Å². The van der Waals surface area contributed by atoms with Crippen LogP contribution in [0.1, 0.15) is 109 Å². The molecule has 6 rings (SSSR count). The van der Waals surface area contributed by atoms with Crippen LogP contribution >= 0.6 is 0 Å². The number of aryl methyl sites for hydroxylation is 2. The average Bonchev–Trinajstić information content (AvgIpc) is 3.39. The van der Waals surface area contributed by atoms with Crippen LogP contribution in [0.25, 0.3) is 0 Å². The van der Waals surface area contributed by atoms with E-state index in [1.807, 2.05) is 48.5 Å². The summed E-state index contributed by atoms with van der Waals surface area (Å²) in [4.78, 5) is 0. The molecule has 0 unspecified atom stereocenters. The minimum atomic E-state index is -0.0812. The third kappa shape index (κ3) is 23.0. The van der Waals surface area contributed by atoms with Gasteiger partial charge in [0.25, 0.3) is 0 Å². The van der Waals surface area contributed by atoms with E-state index in [0.717, 1.165) is 150 Å². The van der Waals surface area contributed by atoms with Crippen LogP contribution in [-0.2, 0) is 51.4 Å². The van der Waals surface area contributed by atoms with Gasteiger partial charge in [0.15, 0.2) is 23.0 Å². The third-order valence-electron chi connectivity index (χ3n) is 13.4. The van der Waals surface area contributed by atoms with Crippen LogP contribution in [0.3, 0.4) is 0 Å². The van der Waals surface area contributed by atoms with E-state index in [2.05, 4.69) is 51.6 Å². The topological polar surface area (TPSA) is 190 Å². The van der Waals surface area contributed by atoms with Gasteiger partial charge in [0.1, 0.15) is 17.2 Å². The Morgan fingerprint density at radius 2 is 0.671 bits per heavy atom. The number of phenolic OH excluding ortho intramolecular Hbond substituents is 7. The highest BCUT2D eigenvalue weighted by atomic mass is 16.3. The van der Waals surface area contributed by atoms with E-state index in [9.17, 15) is 35.7 Å².